The fourth-order valence-electron chi connectivity index (χ4n) is 5.39. The fourth-order valence-corrected chi connectivity index (χ4v) is 5.39. The molecule has 174 valence electrons. The number of nitro benzene ring substituents is 1. The standard InChI is InChI=1S/C27H22N4O4/c32-24-16-29(15-17-6-2-1-3-7-17)27(33)23-14-21-20-8-4-5-9-22(20)28-25(21)26(30(23)24)18-10-12-19(13-11-18)31(34)35/h1-13,23,26,28H,14-16H2/t23-,26?/m0/s1. The van der Waals surface area contributed by atoms with E-state index in [1.807, 2.05) is 54.6 Å². The monoisotopic (exact) mass is 466 g/mol. The Hall–Kier alpha value is -4.46. The van der Waals surface area contributed by atoms with Crippen molar-refractivity contribution in [1.82, 2.24) is 14.8 Å². The highest BCUT2D eigenvalue weighted by atomic mass is 16.6. The minimum Gasteiger partial charge on any atom is -0.356 e. The predicted octanol–water partition coefficient (Wildman–Crippen LogP) is 3.96. The van der Waals surface area contributed by atoms with Crippen LogP contribution >= 0.6 is 0 Å². The van der Waals surface area contributed by atoms with Crippen molar-refractivity contribution in [3.8, 4) is 0 Å². The van der Waals surface area contributed by atoms with Crippen LogP contribution in [0.25, 0.3) is 10.9 Å². The minimum absolute atomic E-state index is 0.0106. The summed E-state index contributed by atoms with van der Waals surface area (Å²) >= 11 is 0. The molecule has 8 heteroatoms. The van der Waals surface area contributed by atoms with Crippen LogP contribution in [0.3, 0.4) is 0 Å². The molecule has 1 saturated heterocycles. The summed E-state index contributed by atoms with van der Waals surface area (Å²) in [6.45, 7) is 0.363. The van der Waals surface area contributed by atoms with Gasteiger partial charge in [-0.2, -0.15) is 0 Å². The number of rotatable bonds is 4. The van der Waals surface area contributed by atoms with Crippen LogP contribution in [0, 0.1) is 10.1 Å². The Morgan fingerprint density at radius 3 is 2.40 bits per heavy atom. The highest BCUT2D eigenvalue weighted by Gasteiger charge is 2.48. The van der Waals surface area contributed by atoms with Crippen molar-refractivity contribution in [2.75, 3.05) is 6.54 Å². The van der Waals surface area contributed by atoms with Gasteiger partial charge in [-0.25, -0.2) is 0 Å². The number of nitrogens with one attached hydrogen (secondary N) is 1. The number of benzene rings is 3. The lowest BCUT2D eigenvalue weighted by atomic mass is 9.86. The molecule has 35 heavy (non-hydrogen) atoms. The van der Waals surface area contributed by atoms with Crippen molar-refractivity contribution in [3.63, 3.8) is 0 Å². The molecule has 3 aromatic carbocycles. The Kier molecular flexibility index (Phi) is 4.88. The second-order valence-corrected chi connectivity index (χ2v) is 9.01. The third-order valence-electron chi connectivity index (χ3n) is 6.98. The maximum atomic E-state index is 13.7. The molecule has 2 aliphatic rings. The van der Waals surface area contributed by atoms with Crippen molar-refractivity contribution >= 4 is 28.4 Å². The smallest absolute Gasteiger partial charge is 0.269 e. The first kappa shape index (κ1) is 21.1. The Balaban J connectivity index is 1.45. The van der Waals surface area contributed by atoms with Crippen molar-refractivity contribution in [2.24, 2.45) is 0 Å². The molecular weight excluding hydrogens is 444 g/mol. The van der Waals surface area contributed by atoms with Crippen molar-refractivity contribution in [2.45, 2.75) is 25.0 Å². The molecular formula is C27H22N4O4. The lowest BCUT2D eigenvalue weighted by Gasteiger charge is -2.47. The second kappa shape index (κ2) is 8.09. The molecule has 8 nitrogen and oxygen atoms in total. The summed E-state index contributed by atoms with van der Waals surface area (Å²) < 4.78 is 0. The van der Waals surface area contributed by atoms with Crippen LogP contribution in [0.5, 0.6) is 0 Å². The molecule has 4 aromatic rings. The number of amides is 2. The molecule has 6 rings (SSSR count). The predicted molar refractivity (Wildman–Crippen MR) is 129 cm³/mol. The van der Waals surface area contributed by atoms with Gasteiger partial charge in [-0.15, -0.1) is 0 Å². The highest BCUT2D eigenvalue weighted by molar-refractivity contribution is 5.97. The summed E-state index contributed by atoms with van der Waals surface area (Å²) in [7, 11) is 0. The number of H-pyrrole nitrogens is 1. The molecule has 2 aliphatic heterocycles. The molecule has 3 heterocycles. The maximum absolute atomic E-state index is 13.7. The van der Waals surface area contributed by atoms with Crippen molar-refractivity contribution < 1.29 is 14.5 Å². The van der Waals surface area contributed by atoms with E-state index in [9.17, 15) is 19.7 Å². The van der Waals surface area contributed by atoms with E-state index in [1.54, 1.807) is 21.9 Å². The molecule has 0 saturated carbocycles. The zero-order chi connectivity index (χ0) is 24.1. The number of carbonyl (C=O) groups is 2. The van der Waals surface area contributed by atoms with Crippen LogP contribution in [-0.2, 0) is 22.6 Å². The van der Waals surface area contributed by atoms with Gasteiger partial charge in [-0.3, -0.25) is 19.7 Å². The third kappa shape index (κ3) is 3.45. The number of non-ortho nitro benzene ring substituents is 1. The van der Waals surface area contributed by atoms with E-state index in [4.69, 9.17) is 0 Å². The number of para-hydroxylation sites is 1. The zero-order valence-electron chi connectivity index (χ0n) is 18.8. The molecule has 1 aromatic heterocycles. The van der Waals surface area contributed by atoms with E-state index in [2.05, 4.69) is 4.98 Å². The van der Waals surface area contributed by atoms with Gasteiger partial charge >= 0.3 is 0 Å². The number of hydrogen-bond donors (Lipinski definition) is 1. The summed E-state index contributed by atoms with van der Waals surface area (Å²) in [5, 5.41) is 12.2. The number of aromatic nitrogens is 1. The van der Waals surface area contributed by atoms with E-state index in [-0.39, 0.29) is 24.0 Å². The van der Waals surface area contributed by atoms with E-state index >= 15 is 0 Å². The summed E-state index contributed by atoms with van der Waals surface area (Å²) in [6.07, 6.45) is 0.415. The summed E-state index contributed by atoms with van der Waals surface area (Å²) in [5.74, 6) is -0.227. The number of hydrogen-bond acceptors (Lipinski definition) is 4. The Labute approximate surface area is 200 Å². The van der Waals surface area contributed by atoms with E-state index in [0.29, 0.717) is 13.0 Å². The first-order chi connectivity index (χ1) is 17.0. The quantitative estimate of drug-likeness (QED) is 0.363. The third-order valence-corrected chi connectivity index (χ3v) is 6.98. The molecule has 1 N–H and O–H groups in total. The molecule has 0 aliphatic carbocycles. The second-order valence-electron chi connectivity index (χ2n) is 9.01. The average Bonchev–Trinajstić information content (AvgIpc) is 3.25. The normalized spacial score (nSPS) is 19.5. The van der Waals surface area contributed by atoms with Crippen LogP contribution in [0.2, 0.25) is 0 Å². The highest BCUT2D eigenvalue weighted by Crippen LogP contribution is 2.42. The zero-order valence-corrected chi connectivity index (χ0v) is 18.8. The van der Waals surface area contributed by atoms with Crippen LogP contribution in [-0.4, -0.2) is 44.1 Å². The van der Waals surface area contributed by atoms with Gasteiger partial charge in [-0.1, -0.05) is 48.5 Å². The van der Waals surface area contributed by atoms with E-state index < -0.39 is 17.0 Å². The molecule has 0 spiro atoms. The fraction of sp³-hybridized carbons (Fsp3) is 0.185. The number of nitro groups is 1. The molecule has 1 fully saturated rings. The van der Waals surface area contributed by atoms with Gasteiger partial charge in [0.05, 0.1) is 11.0 Å². The number of fused-ring (bicyclic) bond motifs is 4. The van der Waals surface area contributed by atoms with Crippen LogP contribution in [0.1, 0.15) is 28.4 Å². The lowest BCUT2D eigenvalue weighted by Crippen LogP contribution is -2.62. The minimum atomic E-state index is -0.646. The molecule has 0 radical (unpaired) electrons. The van der Waals surface area contributed by atoms with Crippen LogP contribution < -0.4 is 0 Å². The van der Waals surface area contributed by atoms with Crippen molar-refractivity contribution in [3.05, 3.63) is 111 Å². The van der Waals surface area contributed by atoms with Crippen molar-refractivity contribution in [1.29, 1.82) is 0 Å². The molecule has 0 bridgehead atoms. The van der Waals surface area contributed by atoms with E-state index in [0.717, 1.165) is 33.3 Å². The topological polar surface area (TPSA) is 99.5 Å². The lowest BCUT2D eigenvalue weighted by molar-refractivity contribution is -0.384. The Morgan fingerprint density at radius 1 is 0.943 bits per heavy atom. The molecule has 2 amide bonds. The number of aromatic amines is 1. The first-order valence-corrected chi connectivity index (χ1v) is 11.5. The van der Waals surface area contributed by atoms with Gasteiger partial charge in [0.2, 0.25) is 11.8 Å². The number of piperazine rings is 1. The van der Waals surface area contributed by atoms with Gasteiger partial charge in [0, 0.05) is 41.7 Å². The van der Waals surface area contributed by atoms with Crippen LogP contribution in [0.4, 0.5) is 5.69 Å². The summed E-state index contributed by atoms with van der Waals surface area (Å²) in [5.41, 5.74) is 4.48. The number of carbonyl (C=O) groups excluding carboxylic acids is 2. The maximum Gasteiger partial charge on any atom is 0.269 e. The van der Waals surface area contributed by atoms with Gasteiger partial charge in [-0.05, 0) is 34.9 Å². The summed E-state index contributed by atoms with van der Waals surface area (Å²) in [6, 6.07) is 22.6. The number of nitrogens with zero attached hydrogens (tertiary/aromatic N) is 3. The molecule has 2 atom stereocenters. The van der Waals surface area contributed by atoms with Gasteiger partial charge < -0.3 is 14.8 Å². The Morgan fingerprint density at radius 2 is 1.66 bits per heavy atom. The largest absolute Gasteiger partial charge is 0.356 e. The first-order valence-electron chi connectivity index (χ1n) is 11.5. The average molecular weight is 466 g/mol. The van der Waals surface area contributed by atoms with Gasteiger partial charge in [0.25, 0.3) is 5.69 Å². The SMILES string of the molecule is O=C1[C@@H]2Cc3c([nH]c4ccccc34)C(c3ccc([N+](=O)[O-])cc3)N2C(=O)CN1Cc1ccccc1. The Bertz CT molecular complexity index is 1460. The molecule has 1 unspecified atom stereocenters. The van der Waals surface area contributed by atoms with Crippen LogP contribution in [0.15, 0.2) is 78.9 Å². The van der Waals surface area contributed by atoms with E-state index in [1.165, 1.54) is 12.1 Å². The van der Waals surface area contributed by atoms with Gasteiger partial charge in [0.1, 0.15) is 12.6 Å². The van der Waals surface area contributed by atoms with Gasteiger partial charge in [0.15, 0.2) is 0 Å². The summed E-state index contributed by atoms with van der Waals surface area (Å²) in [4.78, 5) is 44.8.